The molecule has 27 heavy (non-hydrogen) atoms. The third-order valence-electron chi connectivity index (χ3n) is 4.43. The van der Waals surface area contributed by atoms with E-state index in [1.54, 1.807) is 42.1 Å². The molecule has 0 radical (unpaired) electrons. The zero-order valence-electron chi connectivity index (χ0n) is 15.0. The number of benzene rings is 2. The fourth-order valence-corrected chi connectivity index (χ4v) is 3.12. The molecule has 1 heterocycles. The number of fused-ring (bicyclic) bond motifs is 1. The monoisotopic (exact) mass is 367 g/mol. The van der Waals surface area contributed by atoms with Crippen LogP contribution in [0.25, 0.3) is 16.5 Å². The average Bonchev–Trinajstić information content (AvgIpc) is 3.02. The Kier molecular flexibility index (Phi) is 5.16. The van der Waals surface area contributed by atoms with Gasteiger partial charge in [-0.3, -0.25) is 9.79 Å². The van der Waals surface area contributed by atoms with Crippen molar-refractivity contribution in [3.63, 3.8) is 0 Å². The number of primary amides is 1. The van der Waals surface area contributed by atoms with Crippen molar-refractivity contribution in [2.45, 2.75) is 13.5 Å². The van der Waals surface area contributed by atoms with Gasteiger partial charge in [0.05, 0.1) is 17.6 Å². The lowest BCUT2D eigenvalue weighted by molar-refractivity contribution is 0.100. The first-order chi connectivity index (χ1) is 13.0. The minimum atomic E-state index is -0.726. The van der Waals surface area contributed by atoms with E-state index in [0.717, 1.165) is 5.57 Å². The first kappa shape index (κ1) is 18.5. The van der Waals surface area contributed by atoms with Gasteiger partial charge in [0.25, 0.3) is 5.91 Å². The number of aromatic nitrogens is 1. The van der Waals surface area contributed by atoms with Crippen LogP contribution in [0.4, 0.5) is 8.78 Å². The number of amides is 1. The topological polar surface area (TPSA) is 60.4 Å². The molecule has 4 nitrogen and oxygen atoms in total. The van der Waals surface area contributed by atoms with Crippen molar-refractivity contribution < 1.29 is 13.6 Å². The quantitative estimate of drug-likeness (QED) is 0.676. The van der Waals surface area contributed by atoms with Gasteiger partial charge in [0, 0.05) is 30.4 Å². The van der Waals surface area contributed by atoms with E-state index in [2.05, 4.69) is 4.99 Å². The third kappa shape index (κ3) is 3.51. The molecule has 138 valence electrons. The van der Waals surface area contributed by atoms with Gasteiger partial charge in [-0.05, 0) is 36.3 Å². The van der Waals surface area contributed by atoms with Crippen molar-refractivity contribution in [3.8, 4) is 0 Å². The summed E-state index contributed by atoms with van der Waals surface area (Å²) in [5.74, 6) is -1.65. The number of aliphatic imine (C=N–C) groups is 1. The first-order valence-electron chi connectivity index (χ1n) is 8.40. The summed E-state index contributed by atoms with van der Waals surface area (Å²) in [7, 11) is 1.65. The summed E-state index contributed by atoms with van der Waals surface area (Å²) in [6, 6.07) is 9.40. The van der Waals surface area contributed by atoms with Gasteiger partial charge in [-0.15, -0.1) is 0 Å². The number of hydrogen-bond acceptors (Lipinski definition) is 2. The van der Waals surface area contributed by atoms with Crippen LogP contribution < -0.4 is 5.73 Å². The summed E-state index contributed by atoms with van der Waals surface area (Å²) in [5.41, 5.74) is 7.88. The summed E-state index contributed by atoms with van der Waals surface area (Å²) in [6.45, 7) is 2.00. The standard InChI is InChI=1S/C21H19F2N3O/c1-3-13(10-25-2)14-7-8-15(18(23)9-14)11-26-12-16(21(24)27)20-17(22)5-4-6-19(20)26/h3-10,12H,11H2,1-2H3,(H2,24,27)/b13-3+,25-10?. The molecule has 0 fully saturated rings. The fraction of sp³-hybridized carbons (Fsp3) is 0.143. The van der Waals surface area contributed by atoms with Gasteiger partial charge in [0.2, 0.25) is 0 Å². The van der Waals surface area contributed by atoms with Gasteiger partial charge >= 0.3 is 0 Å². The molecular formula is C21H19F2N3O. The maximum Gasteiger partial charge on any atom is 0.250 e. The molecule has 1 amide bonds. The SMILES string of the molecule is C/C=C(\C=NC)c1ccc(Cn2cc(C(N)=O)c3c(F)cccc32)c(F)c1. The van der Waals surface area contributed by atoms with Gasteiger partial charge in [0.15, 0.2) is 0 Å². The van der Waals surface area contributed by atoms with Crippen molar-refractivity contribution in [1.82, 2.24) is 4.57 Å². The molecular weight excluding hydrogens is 348 g/mol. The number of hydrogen-bond donors (Lipinski definition) is 1. The fourth-order valence-electron chi connectivity index (χ4n) is 3.12. The molecule has 0 spiro atoms. The third-order valence-corrected chi connectivity index (χ3v) is 4.43. The van der Waals surface area contributed by atoms with E-state index in [1.807, 2.05) is 13.0 Å². The molecule has 0 aliphatic carbocycles. The number of halogens is 2. The second-order valence-electron chi connectivity index (χ2n) is 6.11. The van der Waals surface area contributed by atoms with Crippen LogP contribution in [0.3, 0.4) is 0 Å². The van der Waals surface area contributed by atoms with Crippen LogP contribution >= 0.6 is 0 Å². The van der Waals surface area contributed by atoms with E-state index in [0.29, 0.717) is 16.6 Å². The Morgan fingerprint density at radius 1 is 1.22 bits per heavy atom. The highest BCUT2D eigenvalue weighted by molar-refractivity contribution is 6.09. The van der Waals surface area contributed by atoms with Crippen LogP contribution in [0.15, 0.2) is 53.7 Å². The molecule has 0 aliphatic rings. The van der Waals surface area contributed by atoms with Crippen LogP contribution in [-0.2, 0) is 6.54 Å². The van der Waals surface area contributed by atoms with Crippen LogP contribution in [0.5, 0.6) is 0 Å². The molecule has 3 aromatic rings. The van der Waals surface area contributed by atoms with E-state index in [4.69, 9.17) is 5.73 Å². The van der Waals surface area contributed by atoms with Crippen molar-refractivity contribution >= 4 is 28.6 Å². The van der Waals surface area contributed by atoms with Crippen LogP contribution in [-0.4, -0.2) is 23.7 Å². The average molecular weight is 367 g/mol. The lowest BCUT2D eigenvalue weighted by Crippen LogP contribution is -2.10. The smallest absolute Gasteiger partial charge is 0.250 e. The van der Waals surface area contributed by atoms with E-state index < -0.39 is 17.5 Å². The van der Waals surface area contributed by atoms with Gasteiger partial charge in [-0.2, -0.15) is 0 Å². The predicted molar refractivity (Wildman–Crippen MR) is 104 cm³/mol. The Morgan fingerprint density at radius 3 is 2.63 bits per heavy atom. The second-order valence-corrected chi connectivity index (χ2v) is 6.11. The molecule has 1 aromatic heterocycles. The highest BCUT2D eigenvalue weighted by atomic mass is 19.1. The Bertz CT molecular complexity index is 1080. The molecule has 0 saturated carbocycles. The van der Waals surface area contributed by atoms with E-state index >= 15 is 0 Å². The van der Waals surface area contributed by atoms with Crippen molar-refractivity contribution in [2.24, 2.45) is 10.7 Å². The number of carbonyl (C=O) groups is 1. The zero-order valence-corrected chi connectivity index (χ0v) is 15.0. The molecule has 0 atom stereocenters. The lowest BCUT2D eigenvalue weighted by Gasteiger charge is -2.09. The maximum absolute atomic E-state index is 14.7. The van der Waals surface area contributed by atoms with Crippen molar-refractivity contribution in [1.29, 1.82) is 0 Å². The van der Waals surface area contributed by atoms with Crippen LogP contribution in [0, 0.1) is 11.6 Å². The van der Waals surface area contributed by atoms with Gasteiger partial charge in [-0.25, -0.2) is 8.78 Å². The second kappa shape index (κ2) is 7.53. The van der Waals surface area contributed by atoms with E-state index in [9.17, 15) is 13.6 Å². The van der Waals surface area contributed by atoms with Crippen LogP contribution in [0.1, 0.15) is 28.4 Å². The lowest BCUT2D eigenvalue weighted by atomic mass is 10.0. The molecule has 0 bridgehead atoms. The first-order valence-corrected chi connectivity index (χ1v) is 8.40. The van der Waals surface area contributed by atoms with Crippen molar-refractivity contribution in [2.75, 3.05) is 7.05 Å². The van der Waals surface area contributed by atoms with E-state index in [1.165, 1.54) is 18.3 Å². The normalized spacial score (nSPS) is 12.2. The predicted octanol–water partition coefficient (Wildman–Crippen LogP) is 4.17. The highest BCUT2D eigenvalue weighted by Gasteiger charge is 2.17. The van der Waals surface area contributed by atoms with E-state index in [-0.39, 0.29) is 17.5 Å². The molecule has 2 N–H and O–H groups in total. The Morgan fingerprint density at radius 2 is 2.00 bits per heavy atom. The Hall–Kier alpha value is -3.28. The Labute approximate surface area is 155 Å². The highest BCUT2D eigenvalue weighted by Crippen LogP contribution is 2.26. The Balaban J connectivity index is 2.04. The minimum absolute atomic E-state index is 0.0792. The molecule has 0 aliphatic heterocycles. The number of allylic oxidation sites excluding steroid dienone is 2. The van der Waals surface area contributed by atoms with Crippen molar-refractivity contribution in [3.05, 3.63) is 77.0 Å². The summed E-state index contributed by atoms with van der Waals surface area (Å²) in [4.78, 5) is 15.6. The maximum atomic E-state index is 14.7. The largest absolute Gasteiger partial charge is 0.366 e. The molecule has 0 unspecified atom stereocenters. The molecule has 0 saturated heterocycles. The number of nitrogens with zero attached hydrogens (tertiary/aromatic N) is 2. The van der Waals surface area contributed by atoms with Crippen LogP contribution in [0.2, 0.25) is 0 Å². The number of nitrogens with two attached hydrogens (primary N) is 1. The minimum Gasteiger partial charge on any atom is -0.366 e. The summed E-state index contributed by atoms with van der Waals surface area (Å²) in [5, 5.41) is 0.150. The zero-order chi connectivity index (χ0) is 19.6. The number of carbonyl (C=O) groups excluding carboxylic acids is 1. The number of rotatable bonds is 5. The van der Waals surface area contributed by atoms with Gasteiger partial charge in [-0.1, -0.05) is 24.3 Å². The molecule has 3 rings (SSSR count). The van der Waals surface area contributed by atoms with Gasteiger partial charge in [0.1, 0.15) is 11.6 Å². The molecule has 2 aromatic carbocycles. The summed E-state index contributed by atoms with van der Waals surface area (Å²) >= 11 is 0. The van der Waals surface area contributed by atoms with Gasteiger partial charge < -0.3 is 10.3 Å². The molecule has 6 heteroatoms. The summed E-state index contributed by atoms with van der Waals surface area (Å²) in [6.07, 6.45) is 4.98. The summed E-state index contributed by atoms with van der Waals surface area (Å²) < 4.78 is 30.5.